The SMILES string of the molecule is CC(C)CN1C(=O)/C(=C\c2c(N3CCN(C)CC3)nc3ccccn3c2=O)SC1=S. The first-order valence-electron chi connectivity index (χ1n) is 10.1. The van der Waals surface area contributed by atoms with Crippen LogP contribution >= 0.6 is 24.0 Å². The van der Waals surface area contributed by atoms with Crippen molar-refractivity contribution in [3.8, 4) is 0 Å². The average Bonchev–Trinajstić information content (AvgIpc) is 2.97. The first-order chi connectivity index (χ1) is 14.3. The summed E-state index contributed by atoms with van der Waals surface area (Å²) in [6.07, 6.45) is 3.39. The Labute approximate surface area is 185 Å². The molecule has 2 saturated heterocycles. The molecule has 1 amide bonds. The van der Waals surface area contributed by atoms with Crippen molar-refractivity contribution in [3.63, 3.8) is 0 Å². The molecule has 0 saturated carbocycles. The van der Waals surface area contributed by atoms with Gasteiger partial charge < -0.3 is 9.80 Å². The third-order valence-corrected chi connectivity index (χ3v) is 6.63. The fourth-order valence-electron chi connectivity index (χ4n) is 3.63. The van der Waals surface area contributed by atoms with Gasteiger partial charge in [-0.1, -0.05) is 43.9 Å². The second kappa shape index (κ2) is 8.49. The Kier molecular flexibility index (Phi) is 5.95. The van der Waals surface area contributed by atoms with Crippen LogP contribution in [-0.2, 0) is 4.79 Å². The Morgan fingerprint density at radius 2 is 1.93 bits per heavy atom. The minimum Gasteiger partial charge on any atom is -0.353 e. The number of aromatic nitrogens is 2. The summed E-state index contributed by atoms with van der Waals surface area (Å²) in [6.45, 7) is 8.02. The molecular formula is C21H25N5O2S2. The highest BCUT2D eigenvalue weighted by atomic mass is 32.2. The monoisotopic (exact) mass is 443 g/mol. The van der Waals surface area contributed by atoms with E-state index in [9.17, 15) is 9.59 Å². The van der Waals surface area contributed by atoms with E-state index in [1.165, 1.54) is 16.2 Å². The van der Waals surface area contributed by atoms with Gasteiger partial charge in [0.15, 0.2) is 0 Å². The van der Waals surface area contributed by atoms with Crippen LogP contribution in [0.1, 0.15) is 19.4 Å². The standard InChI is InChI=1S/C21H25N5O2S2/c1-14(2)13-26-20(28)16(30-21(26)29)12-15-18(24-10-8-23(3)9-11-24)22-17-6-4-5-7-25(17)19(15)27/h4-7,12,14H,8-11,13H2,1-3H3/b16-12+. The van der Waals surface area contributed by atoms with Crippen LogP contribution in [0.5, 0.6) is 0 Å². The fourth-order valence-corrected chi connectivity index (χ4v) is 4.89. The number of carbonyl (C=O) groups excluding carboxylic acids is 1. The van der Waals surface area contributed by atoms with Gasteiger partial charge in [0.05, 0.1) is 10.5 Å². The van der Waals surface area contributed by atoms with E-state index >= 15 is 0 Å². The molecule has 9 heteroatoms. The lowest BCUT2D eigenvalue weighted by molar-refractivity contribution is -0.122. The van der Waals surface area contributed by atoms with E-state index in [2.05, 4.69) is 16.8 Å². The summed E-state index contributed by atoms with van der Waals surface area (Å²) in [5.41, 5.74) is 0.859. The maximum absolute atomic E-state index is 13.4. The van der Waals surface area contributed by atoms with Gasteiger partial charge in [-0.25, -0.2) is 4.98 Å². The Bertz CT molecular complexity index is 1090. The number of rotatable bonds is 4. The minimum atomic E-state index is -0.177. The molecule has 0 spiro atoms. The second-order valence-corrected chi connectivity index (χ2v) is 9.74. The largest absolute Gasteiger partial charge is 0.353 e. The molecule has 0 atom stereocenters. The van der Waals surface area contributed by atoms with Crippen LogP contribution in [-0.4, -0.2) is 69.2 Å². The summed E-state index contributed by atoms with van der Waals surface area (Å²) < 4.78 is 2.07. The van der Waals surface area contributed by atoms with Gasteiger partial charge in [-0.3, -0.25) is 18.9 Å². The molecule has 0 aromatic carbocycles. The number of thiocarbonyl (C=S) groups is 1. The number of anilines is 1. The molecule has 0 radical (unpaired) electrons. The van der Waals surface area contributed by atoms with Crippen LogP contribution in [0, 0.1) is 5.92 Å². The molecule has 158 valence electrons. The van der Waals surface area contributed by atoms with Crippen LogP contribution in [0.25, 0.3) is 11.7 Å². The molecule has 0 aliphatic carbocycles. The molecule has 7 nitrogen and oxygen atoms in total. The van der Waals surface area contributed by atoms with Gasteiger partial charge in [0.25, 0.3) is 11.5 Å². The number of likely N-dealkylation sites (N-methyl/N-ethyl adjacent to an activating group) is 1. The molecule has 2 aliphatic heterocycles. The normalized spacial score (nSPS) is 19.7. The Morgan fingerprint density at radius 3 is 2.63 bits per heavy atom. The van der Waals surface area contributed by atoms with Gasteiger partial charge in [-0.05, 0) is 31.2 Å². The summed E-state index contributed by atoms with van der Waals surface area (Å²) in [5.74, 6) is 0.801. The van der Waals surface area contributed by atoms with Crippen LogP contribution in [0.3, 0.4) is 0 Å². The molecule has 30 heavy (non-hydrogen) atoms. The van der Waals surface area contributed by atoms with Crippen LogP contribution in [0.4, 0.5) is 5.82 Å². The van der Waals surface area contributed by atoms with Crippen molar-refractivity contribution in [1.29, 1.82) is 0 Å². The van der Waals surface area contributed by atoms with Gasteiger partial charge >= 0.3 is 0 Å². The molecule has 0 N–H and O–H groups in total. The van der Waals surface area contributed by atoms with Crippen LogP contribution < -0.4 is 10.5 Å². The number of carbonyl (C=O) groups is 1. The lowest BCUT2D eigenvalue weighted by atomic mass is 10.2. The maximum atomic E-state index is 13.4. The van der Waals surface area contributed by atoms with Crippen molar-refractivity contribution in [2.24, 2.45) is 5.92 Å². The van der Waals surface area contributed by atoms with Crippen molar-refractivity contribution in [1.82, 2.24) is 19.2 Å². The van der Waals surface area contributed by atoms with Gasteiger partial charge in [-0.15, -0.1) is 0 Å². The summed E-state index contributed by atoms with van der Waals surface area (Å²) in [5, 5.41) is 0. The zero-order chi connectivity index (χ0) is 21.4. The van der Waals surface area contributed by atoms with E-state index in [4.69, 9.17) is 17.2 Å². The fraction of sp³-hybridized carbons (Fsp3) is 0.429. The topological polar surface area (TPSA) is 61.2 Å². The number of fused-ring (bicyclic) bond motifs is 1. The number of piperazine rings is 1. The Balaban J connectivity index is 1.81. The summed E-state index contributed by atoms with van der Waals surface area (Å²) in [7, 11) is 2.08. The van der Waals surface area contributed by atoms with Gasteiger partial charge in [0.1, 0.15) is 15.8 Å². The molecule has 2 fully saturated rings. The van der Waals surface area contributed by atoms with Crippen molar-refractivity contribution >= 4 is 51.7 Å². The number of amides is 1. The zero-order valence-electron chi connectivity index (χ0n) is 17.4. The lowest BCUT2D eigenvalue weighted by Crippen LogP contribution is -2.45. The average molecular weight is 444 g/mol. The van der Waals surface area contributed by atoms with E-state index in [1.54, 1.807) is 23.2 Å². The zero-order valence-corrected chi connectivity index (χ0v) is 19.0. The smallest absolute Gasteiger partial charge is 0.267 e. The highest BCUT2D eigenvalue weighted by Crippen LogP contribution is 2.34. The summed E-state index contributed by atoms with van der Waals surface area (Å²) in [4.78, 5) is 37.6. The van der Waals surface area contributed by atoms with E-state index < -0.39 is 0 Å². The molecule has 4 heterocycles. The second-order valence-electron chi connectivity index (χ2n) is 8.06. The molecule has 4 rings (SSSR count). The van der Waals surface area contributed by atoms with Gasteiger partial charge in [0, 0.05) is 38.9 Å². The molecule has 0 unspecified atom stereocenters. The number of hydrogen-bond acceptors (Lipinski definition) is 7. The van der Waals surface area contributed by atoms with E-state index in [0.29, 0.717) is 38.7 Å². The summed E-state index contributed by atoms with van der Waals surface area (Å²) in [6, 6.07) is 5.50. The molecule has 2 aromatic rings. The first kappa shape index (κ1) is 21.0. The Morgan fingerprint density at radius 1 is 1.20 bits per heavy atom. The first-order valence-corrected chi connectivity index (χ1v) is 11.3. The van der Waals surface area contributed by atoms with E-state index in [0.717, 1.165) is 26.2 Å². The van der Waals surface area contributed by atoms with Gasteiger partial charge in [-0.2, -0.15) is 0 Å². The van der Waals surface area contributed by atoms with E-state index in [1.807, 2.05) is 26.0 Å². The van der Waals surface area contributed by atoms with Crippen LogP contribution in [0.15, 0.2) is 34.1 Å². The molecule has 0 bridgehead atoms. The minimum absolute atomic E-state index is 0.138. The number of hydrogen-bond donors (Lipinski definition) is 0. The third kappa shape index (κ3) is 4.01. The number of thioether (sulfide) groups is 1. The molecule has 2 aliphatic rings. The maximum Gasteiger partial charge on any atom is 0.267 e. The predicted octanol–water partition coefficient (Wildman–Crippen LogP) is 2.30. The molecule has 2 aromatic heterocycles. The highest BCUT2D eigenvalue weighted by Gasteiger charge is 2.33. The lowest BCUT2D eigenvalue weighted by Gasteiger charge is -2.34. The van der Waals surface area contributed by atoms with Crippen molar-refractivity contribution < 1.29 is 4.79 Å². The Hall–Kier alpha value is -2.23. The predicted molar refractivity (Wildman–Crippen MR) is 126 cm³/mol. The van der Waals surface area contributed by atoms with E-state index in [-0.39, 0.29) is 11.5 Å². The number of nitrogens with zero attached hydrogens (tertiary/aromatic N) is 5. The quantitative estimate of drug-likeness (QED) is 0.531. The summed E-state index contributed by atoms with van der Waals surface area (Å²) >= 11 is 6.68. The highest BCUT2D eigenvalue weighted by molar-refractivity contribution is 8.26. The molecular weight excluding hydrogens is 418 g/mol. The third-order valence-electron chi connectivity index (χ3n) is 5.25. The van der Waals surface area contributed by atoms with Crippen molar-refractivity contribution in [2.45, 2.75) is 13.8 Å². The number of pyridine rings is 1. The van der Waals surface area contributed by atoms with Crippen molar-refractivity contribution in [3.05, 3.63) is 45.2 Å². The van der Waals surface area contributed by atoms with Crippen LogP contribution in [0.2, 0.25) is 0 Å². The van der Waals surface area contributed by atoms with Gasteiger partial charge in [0.2, 0.25) is 0 Å². The van der Waals surface area contributed by atoms with Crippen molar-refractivity contribution in [2.75, 3.05) is 44.7 Å².